The molecule has 0 aliphatic rings. The molecule has 0 aliphatic heterocycles. The molecule has 0 saturated heterocycles. The van der Waals surface area contributed by atoms with E-state index in [2.05, 4.69) is 20.3 Å². The summed E-state index contributed by atoms with van der Waals surface area (Å²) in [6, 6.07) is 15.2. The van der Waals surface area contributed by atoms with E-state index in [4.69, 9.17) is 10.2 Å². The minimum Gasteiger partial charge on any atom is -0.435 e. The van der Waals surface area contributed by atoms with Crippen LogP contribution in [0.1, 0.15) is 22.0 Å². The molecule has 2 heterocycles. The van der Waals surface area contributed by atoms with E-state index in [1.54, 1.807) is 37.4 Å². The van der Waals surface area contributed by atoms with Crippen molar-refractivity contribution < 1.29 is 18.8 Å². The maximum absolute atomic E-state index is 13.0. The van der Waals surface area contributed by atoms with Crippen LogP contribution < -0.4 is 11.1 Å². The second kappa shape index (κ2) is 8.76. The van der Waals surface area contributed by atoms with Crippen LogP contribution >= 0.6 is 0 Å². The Morgan fingerprint density at radius 3 is 2.50 bits per heavy atom. The van der Waals surface area contributed by atoms with Gasteiger partial charge in [-0.1, -0.05) is 48.5 Å². The van der Waals surface area contributed by atoms with Crippen molar-refractivity contribution in [1.29, 1.82) is 0 Å². The first-order chi connectivity index (χ1) is 15.4. The van der Waals surface area contributed by atoms with Gasteiger partial charge >= 0.3 is 0 Å². The van der Waals surface area contributed by atoms with Crippen LogP contribution in [-0.2, 0) is 16.0 Å². The lowest BCUT2D eigenvalue weighted by Crippen LogP contribution is -2.47. The van der Waals surface area contributed by atoms with Crippen LogP contribution in [0.3, 0.4) is 0 Å². The molecular formula is C23H19N5O4. The number of para-hydroxylation sites is 1. The first kappa shape index (κ1) is 20.9. The van der Waals surface area contributed by atoms with Gasteiger partial charge in [0, 0.05) is 24.9 Å². The standard InChI is InChI=1S/C23H19N5O4/c1-13-26-18(22-25-12-15-9-5-6-10-16(15)27-22)20(32-13)23(31)28-17(19(29)21(24)30)11-14-7-3-2-4-8-14/h2-10,12,17H,11H2,1H3,(H2,24,30)(H,28,31). The monoisotopic (exact) mass is 429 g/mol. The molecule has 2 amide bonds. The number of oxazole rings is 1. The molecule has 3 N–H and O–H groups in total. The normalized spacial score (nSPS) is 11.8. The molecule has 0 saturated carbocycles. The second-order valence-corrected chi connectivity index (χ2v) is 7.11. The van der Waals surface area contributed by atoms with Crippen molar-refractivity contribution >= 4 is 28.5 Å². The number of nitrogens with two attached hydrogens (primary N) is 1. The number of ketones is 1. The van der Waals surface area contributed by atoms with E-state index < -0.39 is 23.6 Å². The van der Waals surface area contributed by atoms with E-state index in [1.165, 1.54) is 0 Å². The number of carbonyl (C=O) groups excluding carboxylic acids is 3. The Kier molecular flexibility index (Phi) is 5.71. The van der Waals surface area contributed by atoms with Crippen molar-refractivity contribution in [3.05, 3.63) is 78.0 Å². The predicted octanol–water partition coefficient (Wildman–Crippen LogP) is 1.99. The minimum absolute atomic E-state index is 0.0866. The average molecular weight is 429 g/mol. The lowest BCUT2D eigenvalue weighted by Gasteiger charge is -2.15. The number of hydrogen-bond acceptors (Lipinski definition) is 7. The van der Waals surface area contributed by atoms with Crippen molar-refractivity contribution in [1.82, 2.24) is 20.3 Å². The van der Waals surface area contributed by atoms with E-state index in [0.717, 1.165) is 10.9 Å². The molecule has 9 nitrogen and oxygen atoms in total. The maximum Gasteiger partial charge on any atom is 0.290 e. The highest BCUT2D eigenvalue weighted by Crippen LogP contribution is 2.23. The summed E-state index contributed by atoms with van der Waals surface area (Å²) >= 11 is 0. The number of aryl methyl sites for hydroxylation is 1. The van der Waals surface area contributed by atoms with Crippen LogP contribution in [0.4, 0.5) is 0 Å². The molecule has 1 unspecified atom stereocenters. The first-order valence-corrected chi connectivity index (χ1v) is 9.80. The zero-order valence-corrected chi connectivity index (χ0v) is 17.1. The van der Waals surface area contributed by atoms with Crippen molar-refractivity contribution in [3.8, 4) is 11.5 Å². The number of nitrogens with zero attached hydrogens (tertiary/aromatic N) is 3. The fourth-order valence-corrected chi connectivity index (χ4v) is 3.27. The molecule has 1 atom stereocenters. The van der Waals surface area contributed by atoms with Crippen molar-refractivity contribution in [2.24, 2.45) is 5.73 Å². The van der Waals surface area contributed by atoms with Gasteiger partial charge in [-0.05, 0) is 11.6 Å². The molecule has 0 bridgehead atoms. The van der Waals surface area contributed by atoms with Gasteiger partial charge in [-0.15, -0.1) is 0 Å². The van der Waals surface area contributed by atoms with Gasteiger partial charge in [-0.3, -0.25) is 14.4 Å². The van der Waals surface area contributed by atoms with Crippen LogP contribution in [0.5, 0.6) is 0 Å². The molecule has 4 rings (SSSR count). The third-order valence-electron chi connectivity index (χ3n) is 4.79. The van der Waals surface area contributed by atoms with Gasteiger partial charge < -0.3 is 15.5 Å². The second-order valence-electron chi connectivity index (χ2n) is 7.11. The molecule has 160 valence electrons. The number of fused-ring (bicyclic) bond motifs is 1. The number of rotatable bonds is 7. The Bertz CT molecular complexity index is 1320. The molecule has 2 aromatic heterocycles. The molecule has 0 spiro atoms. The number of primary amides is 1. The van der Waals surface area contributed by atoms with Crippen LogP contribution in [-0.4, -0.2) is 38.6 Å². The van der Waals surface area contributed by atoms with Crippen LogP contribution in [0.2, 0.25) is 0 Å². The summed E-state index contributed by atoms with van der Waals surface area (Å²) in [6.07, 6.45) is 1.71. The van der Waals surface area contributed by atoms with Gasteiger partial charge in [0.2, 0.25) is 11.5 Å². The van der Waals surface area contributed by atoms with Gasteiger partial charge in [0.15, 0.2) is 17.4 Å². The zero-order valence-electron chi connectivity index (χ0n) is 17.1. The number of Topliss-reactive ketones (excluding diaryl/α,β-unsaturated/α-hetero) is 1. The van der Waals surface area contributed by atoms with Crippen molar-refractivity contribution in [3.63, 3.8) is 0 Å². The molecule has 9 heteroatoms. The topological polar surface area (TPSA) is 141 Å². The fraction of sp³-hybridized carbons (Fsp3) is 0.130. The Morgan fingerprint density at radius 2 is 1.75 bits per heavy atom. The lowest BCUT2D eigenvalue weighted by atomic mass is 10.0. The summed E-state index contributed by atoms with van der Waals surface area (Å²) in [6.45, 7) is 1.58. The quantitative estimate of drug-likeness (QED) is 0.428. The third kappa shape index (κ3) is 4.36. The number of hydrogen-bond donors (Lipinski definition) is 2. The van der Waals surface area contributed by atoms with Crippen molar-refractivity contribution in [2.45, 2.75) is 19.4 Å². The summed E-state index contributed by atoms with van der Waals surface area (Å²) in [7, 11) is 0. The summed E-state index contributed by atoms with van der Waals surface area (Å²) in [5.41, 5.74) is 6.75. The number of benzene rings is 2. The molecule has 4 aromatic rings. The summed E-state index contributed by atoms with van der Waals surface area (Å²) in [5.74, 6) is -2.52. The first-order valence-electron chi connectivity index (χ1n) is 9.80. The molecule has 2 aromatic carbocycles. The van der Waals surface area contributed by atoms with Gasteiger partial charge in [0.05, 0.1) is 5.52 Å². The highest BCUT2D eigenvalue weighted by molar-refractivity contribution is 6.38. The highest BCUT2D eigenvalue weighted by atomic mass is 16.4. The van der Waals surface area contributed by atoms with Crippen LogP contribution in [0.15, 0.2) is 65.2 Å². The largest absolute Gasteiger partial charge is 0.435 e. The molecule has 0 radical (unpaired) electrons. The number of nitrogens with one attached hydrogen (secondary N) is 1. The van der Waals surface area contributed by atoms with Gasteiger partial charge in [-0.2, -0.15) is 0 Å². The van der Waals surface area contributed by atoms with E-state index in [9.17, 15) is 14.4 Å². The minimum atomic E-state index is -1.17. The number of amides is 2. The highest BCUT2D eigenvalue weighted by Gasteiger charge is 2.29. The van der Waals surface area contributed by atoms with Gasteiger partial charge in [-0.25, -0.2) is 15.0 Å². The van der Waals surface area contributed by atoms with E-state index >= 15 is 0 Å². The average Bonchev–Trinajstić information content (AvgIpc) is 3.20. The fourth-order valence-electron chi connectivity index (χ4n) is 3.27. The Labute approximate surface area is 182 Å². The lowest BCUT2D eigenvalue weighted by molar-refractivity contribution is -0.137. The third-order valence-corrected chi connectivity index (χ3v) is 4.79. The van der Waals surface area contributed by atoms with E-state index in [-0.39, 0.29) is 29.6 Å². The Morgan fingerprint density at radius 1 is 1.03 bits per heavy atom. The molecular weight excluding hydrogens is 410 g/mol. The van der Waals surface area contributed by atoms with Gasteiger partial charge in [0.25, 0.3) is 11.8 Å². The SMILES string of the molecule is Cc1nc(-c2ncc3ccccc3n2)c(C(=O)NC(Cc2ccccc2)C(=O)C(N)=O)o1. The van der Waals surface area contributed by atoms with Crippen LogP contribution in [0.25, 0.3) is 22.4 Å². The van der Waals surface area contributed by atoms with E-state index in [1.807, 2.05) is 30.3 Å². The summed E-state index contributed by atoms with van der Waals surface area (Å²) < 4.78 is 5.50. The van der Waals surface area contributed by atoms with Crippen LogP contribution in [0, 0.1) is 6.92 Å². The number of carbonyl (C=O) groups is 3. The molecule has 0 aliphatic carbocycles. The Balaban J connectivity index is 1.65. The molecule has 32 heavy (non-hydrogen) atoms. The van der Waals surface area contributed by atoms with Crippen molar-refractivity contribution in [2.75, 3.05) is 0 Å². The summed E-state index contributed by atoms with van der Waals surface area (Å²) in [5, 5.41) is 3.38. The predicted molar refractivity (Wildman–Crippen MR) is 115 cm³/mol. The zero-order chi connectivity index (χ0) is 22.7. The molecule has 0 fully saturated rings. The Hall–Kier alpha value is -4.40. The maximum atomic E-state index is 13.0. The smallest absolute Gasteiger partial charge is 0.290 e. The summed E-state index contributed by atoms with van der Waals surface area (Å²) in [4.78, 5) is 49.9. The number of aromatic nitrogens is 3. The van der Waals surface area contributed by atoms with Gasteiger partial charge in [0.1, 0.15) is 6.04 Å². The van der Waals surface area contributed by atoms with E-state index in [0.29, 0.717) is 5.52 Å².